The van der Waals surface area contributed by atoms with Gasteiger partial charge in [-0.15, -0.1) is 0 Å². The summed E-state index contributed by atoms with van der Waals surface area (Å²) >= 11 is 0. The van der Waals surface area contributed by atoms with E-state index in [9.17, 15) is 15.0 Å². The molecule has 1 aliphatic carbocycles. The monoisotopic (exact) mass is 230 g/mol. The third-order valence-electron chi connectivity index (χ3n) is 3.08. The molecular formula is C12H22O4. The van der Waals surface area contributed by atoms with Gasteiger partial charge < -0.3 is 14.9 Å². The molecule has 0 aliphatic heterocycles. The van der Waals surface area contributed by atoms with Gasteiger partial charge in [-0.1, -0.05) is 19.8 Å². The van der Waals surface area contributed by atoms with Gasteiger partial charge in [-0.25, -0.2) is 0 Å². The molecule has 0 aromatic heterocycles. The standard InChI is InChI=1S/C12H22O4/c1-2-3-4-7-16-12(15)10-8-9(13)5-6-11(10)14/h9-11,13-14H,2-8H2,1H3. The average Bonchev–Trinajstić information content (AvgIpc) is 2.27. The van der Waals surface area contributed by atoms with Crippen molar-refractivity contribution in [1.29, 1.82) is 0 Å². The van der Waals surface area contributed by atoms with Gasteiger partial charge in [0, 0.05) is 0 Å². The number of rotatable bonds is 5. The normalized spacial score (nSPS) is 30.1. The topological polar surface area (TPSA) is 66.8 Å². The van der Waals surface area contributed by atoms with Crippen molar-refractivity contribution in [3.05, 3.63) is 0 Å². The molecule has 16 heavy (non-hydrogen) atoms. The first kappa shape index (κ1) is 13.5. The van der Waals surface area contributed by atoms with Crippen molar-refractivity contribution < 1.29 is 19.7 Å². The maximum Gasteiger partial charge on any atom is 0.311 e. The first-order valence-corrected chi connectivity index (χ1v) is 6.18. The summed E-state index contributed by atoms with van der Waals surface area (Å²) in [5.74, 6) is -0.896. The highest BCUT2D eigenvalue weighted by molar-refractivity contribution is 5.73. The summed E-state index contributed by atoms with van der Waals surface area (Å²) in [6.45, 7) is 2.51. The number of unbranched alkanes of at least 4 members (excludes halogenated alkanes) is 2. The van der Waals surface area contributed by atoms with Gasteiger partial charge >= 0.3 is 5.97 Å². The largest absolute Gasteiger partial charge is 0.465 e. The Morgan fingerprint density at radius 3 is 2.75 bits per heavy atom. The van der Waals surface area contributed by atoms with Crippen LogP contribution in [0.3, 0.4) is 0 Å². The summed E-state index contributed by atoms with van der Waals surface area (Å²) in [5, 5.41) is 19.1. The second-order valence-electron chi connectivity index (χ2n) is 4.52. The highest BCUT2D eigenvalue weighted by Gasteiger charge is 2.34. The van der Waals surface area contributed by atoms with Crippen LogP contribution >= 0.6 is 0 Å². The Balaban J connectivity index is 2.28. The number of ether oxygens (including phenoxy) is 1. The Kier molecular flexibility index (Phi) is 5.77. The van der Waals surface area contributed by atoms with Crippen molar-refractivity contribution in [2.75, 3.05) is 6.61 Å². The molecule has 3 atom stereocenters. The summed E-state index contributed by atoms with van der Waals surface area (Å²) in [7, 11) is 0. The fraction of sp³-hybridized carbons (Fsp3) is 0.917. The Morgan fingerprint density at radius 1 is 1.31 bits per heavy atom. The minimum atomic E-state index is -0.651. The average molecular weight is 230 g/mol. The van der Waals surface area contributed by atoms with E-state index >= 15 is 0 Å². The zero-order valence-electron chi connectivity index (χ0n) is 9.89. The van der Waals surface area contributed by atoms with E-state index in [1.54, 1.807) is 0 Å². The number of esters is 1. The number of carbonyl (C=O) groups excluding carboxylic acids is 1. The van der Waals surface area contributed by atoms with E-state index in [0.717, 1.165) is 19.3 Å². The van der Waals surface area contributed by atoms with Crippen molar-refractivity contribution >= 4 is 5.97 Å². The second kappa shape index (κ2) is 6.86. The van der Waals surface area contributed by atoms with E-state index in [0.29, 0.717) is 25.9 Å². The number of hydrogen-bond acceptors (Lipinski definition) is 4. The molecule has 0 bridgehead atoms. The van der Waals surface area contributed by atoms with Crippen molar-refractivity contribution in [2.24, 2.45) is 5.92 Å². The molecular weight excluding hydrogens is 208 g/mol. The Morgan fingerprint density at radius 2 is 2.06 bits per heavy atom. The Hall–Kier alpha value is -0.610. The highest BCUT2D eigenvalue weighted by Crippen LogP contribution is 2.25. The van der Waals surface area contributed by atoms with Gasteiger partial charge in [0.2, 0.25) is 0 Å². The van der Waals surface area contributed by atoms with E-state index in [1.807, 2.05) is 0 Å². The van der Waals surface area contributed by atoms with E-state index in [2.05, 4.69) is 6.92 Å². The molecule has 0 saturated heterocycles. The van der Waals surface area contributed by atoms with Crippen molar-refractivity contribution in [2.45, 2.75) is 57.7 Å². The van der Waals surface area contributed by atoms with Crippen LogP contribution in [-0.4, -0.2) is 35.0 Å². The summed E-state index contributed by atoms with van der Waals surface area (Å²) < 4.78 is 5.09. The third-order valence-corrected chi connectivity index (χ3v) is 3.08. The number of carbonyl (C=O) groups is 1. The molecule has 0 heterocycles. The third kappa shape index (κ3) is 4.10. The molecule has 4 nitrogen and oxygen atoms in total. The van der Waals surface area contributed by atoms with Gasteiger partial charge in [0.25, 0.3) is 0 Å². The van der Waals surface area contributed by atoms with Crippen LogP contribution < -0.4 is 0 Å². The van der Waals surface area contributed by atoms with Crippen LogP contribution in [-0.2, 0) is 9.53 Å². The van der Waals surface area contributed by atoms with Crippen LogP contribution in [0.15, 0.2) is 0 Å². The maximum atomic E-state index is 11.6. The molecule has 1 fully saturated rings. The molecule has 0 aromatic rings. The zero-order valence-corrected chi connectivity index (χ0v) is 9.89. The fourth-order valence-electron chi connectivity index (χ4n) is 2.02. The van der Waals surface area contributed by atoms with E-state index < -0.39 is 18.1 Å². The van der Waals surface area contributed by atoms with E-state index in [1.165, 1.54) is 0 Å². The van der Waals surface area contributed by atoms with Crippen LogP contribution in [0, 0.1) is 5.92 Å². The Labute approximate surface area is 96.6 Å². The van der Waals surface area contributed by atoms with Gasteiger partial charge in [0.1, 0.15) is 0 Å². The predicted octanol–water partition coefficient (Wildman–Crippen LogP) is 1.24. The van der Waals surface area contributed by atoms with Crippen molar-refractivity contribution in [1.82, 2.24) is 0 Å². The maximum absolute atomic E-state index is 11.6. The first-order valence-electron chi connectivity index (χ1n) is 6.18. The molecule has 94 valence electrons. The molecule has 0 amide bonds. The lowest BCUT2D eigenvalue weighted by Crippen LogP contribution is -2.37. The molecule has 1 rings (SSSR count). The van der Waals surface area contributed by atoms with Crippen LogP contribution in [0.2, 0.25) is 0 Å². The van der Waals surface area contributed by atoms with E-state index in [-0.39, 0.29) is 5.97 Å². The summed E-state index contributed by atoms with van der Waals surface area (Å²) in [4.78, 5) is 11.6. The van der Waals surface area contributed by atoms with Gasteiger partial charge in [-0.2, -0.15) is 0 Å². The van der Waals surface area contributed by atoms with Gasteiger partial charge in [0.15, 0.2) is 0 Å². The van der Waals surface area contributed by atoms with Gasteiger partial charge in [0.05, 0.1) is 24.7 Å². The van der Waals surface area contributed by atoms with Gasteiger partial charge in [-0.3, -0.25) is 4.79 Å². The molecule has 1 saturated carbocycles. The minimum absolute atomic E-state index is 0.327. The van der Waals surface area contributed by atoms with Crippen molar-refractivity contribution in [3.63, 3.8) is 0 Å². The molecule has 0 aromatic carbocycles. The molecule has 1 aliphatic rings. The fourth-order valence-corrected chi connectivity index (χ4v) is 2.02. The number of aliphatic hydroxyl groups is 2. The number of hydrogen-bond donors (Lipinski definition) is 2. The molecule has 0 spiro atoms. The summed E-state index contributed by atoms with van der Waals surface area (Å²) in [5.41, 5.74) is 0. The predicted molar refractivity (Wildman–Crippen MR) is 59.8 cm³/mol. The SMILES string of the molecule is CCCCCOC(=O)C1CC(O)CCC1O. The van der Waals surface area contributed by atoms with Crippen LogP contribution in [0.5, 0.6) is 0 Å². The number of aliphatic hydroxyl groups excluding tert-OH is 2. The molecule has 2 N–H and O–H groups in total. The van der Waals surface area contributed by atoms with Gasteiger partial charge in [-0.05, 0) is 25.7 Å². The van der Waals surface area contributed by atoms with Crippen LogP contribution in [0.4, 0.5) is 0 Å². The van der Waals surface area contributed by atoms with Crippen molar-refractivity contribution in [3.8, 4) is 0 Å². The quantitative estimate of drug-likeness (QED) is 0.551. The zero-order chi connectivity index (χ0) is 12.0. The smallest absolute Gasteiger partial charge is 0.311 e. The van der Waals surface area contributed by atoms with E-state index in [4.69, 9.17) is 4.74 Å². The summed E-state index contributed by atoms with van der Waals surface area (Å²) in [6.07, 6.45) is 3.25. The Bertz CT molecular complexity index is 217. The lowest BCUT2D eigenvalue weighted by Gasteiger charge is -2.29. The van der Waals surface area contributed by atoms with Crippen LogP contribution in [0.1, 0.15) is 45.4 Å². The second-order valence-corrected chi connectivity index (χ2v) is 4.52. The summed E-state index contributed by atoms with van der Waals surface area (Å²) in [6, 6.07) is 0. The molecule has 0 radical (unpaired) electrons. The molecule has 4 heteroatoms. The van der Waals surface area contributed by atoms with Crippen LogP contribution in [0.25, 0.3) is 0 Å². The minimum Gasteiger partial charge on any atom is -0.465 e. The highest BCUT2D eigenvalue weighted by atomic mass is 16.5. The lowest BCUT2D eigenvalue weighted by molar-refractivity contribution is -0.156. The lowest BCUT2D eigenvalue weighted by atomic mass is 9.85. The first-order chi connectivity index (χ1) is 7.65. The molecule has 3 unspecified atom stereocenters.